The Bertz CT molecular complexity index is 486. The lowest BCUT2D eigenvalue weighted by atomic mass is 10.2. The molecule has 26 heavy (non-hydrogen) atoms. The molecule has 1 unspecified atom stereocenters. The molecule has 0 aromatic heterocycles. The third-order valence-corrected chi connectivity index (χ3v) is 6.52. The summed E-state index contributed by atoms with van der Waals surface area (Å²) in [6.45, 7) is 12.8. The van der Waals surface area contributed by atoms with Gasteiger partial charge in [0, 0.05) is 37.5 Å². The second-order valence-electron chi connectivity index (χ2n) is 6.10. The van der Waals surface area contributed by atoms with Crippen molar-refractivity contribution < 1.29 is 32.3 Å². The molecule has 0 saturated heterocycles. The first-order chi connectivity index (χ1) is 12.2. The topological polar surface area (TPSA) is 80.3 Å². The number of ether oxygens (including phenoxy) is 2. The Kier molecular flexibility index (Phi) is 12.1. The molecule has 0 aliphatic heterocycles. The van der Waals surface area contributed by atoms with Gasteiger partial charge >= 0.3 is 20.7 Å². The predicted octanol–water partition coefficient (Wildman–Crippen LogP) is 3.03. The average Bonchev–Trinajstić information content (AvgIpc) is 2.60. The maximum atomic E-state index is 11.4. The number of hydrogen-bond donors (Lipinski definition) is 0. The van der Waals surface area contributed by atoms with Gasteiger partial charge in [-0.1, -0.05) is 13.2 Å². The zero-order chi connectivity index (χ0) is 20.2. The van der Waals surface area contributed by atoms with Crippen molar-refractivity contribution in [1.82, 2.24) is 0 Å². The molecule has 0 aromatic rings. The summed E-state index contributed by atoms with van der Waals surface area (Å²) < 4.78 is 27.2. The summed E-state index contributed by atoms with van der Waals surface area (Å²) in [5.41, 5.74) is 0.746. The zero-order valence-corrected chi connectivity index (χ0v) is 17.6. The van der Waals surface area contributed by atoms with Crippen molar-refractivity contribution in [2.24, 2.45) is 0 Å². The molecular weight excluding hydrogens is 356 g/mol. The molecule has 8 heteroatoms. The summed E-state index contributed by atoms with van der Waals surface area (Å²) in [5, 5.41) is 0. The van der Waals surface area contributed by atoms with Gasteiger partial charge in [-0.2, -0.15) is 0 Å². The van der Waals surface area contributed by atoms with Crippen LogP contribution in [0.3, 0.4) is 0 Å². The van der Waals surface area contributed by atoms with Crippen LogP contribution in [0.15, 0.2) is 24.3 Å². The number of carbonyl (C=O) groups is 2. The molecule has 0 aliphatic rings. The highest BCUT2D eigenvalue weighted by Gasteiger charge is 2.40. The Morgan fingerprint density at radius 2 is 1.38 bits per heavy atom. The van der Waals surface area contributed by atoms with Gasteiger partial charge in [-0.05, 0) is 40.0 Å². The first kappa shape index (κ1) is 24.5. The molecule has 0 heterocycles. The standard InChI is InChI=1S/C18H32O7Si/c1-14(2)17(19)23-11-8-10-16(5)25-26(21-6,22-7)13-9-12-24-18(20)15(3)4/h16H,1,3,8-13H2,2,4-7H3. The molecule has 7 nitrogen and oxygen atoms in total. The van der Waals surface area contributed by atoms with Gasteiger partial charge in [-0.3, -0.25) is 0 Å². The number of rotatable bonds is 14. The van der Waals surface area contributed by atoms with Gasteiger partial charge in [-0.15, -0.1) is 0 Å². The Balaban J connectivity index is 4.28. The quantitative estimate of drug-likeness (QED) is 0.196. The molecule has 1 atom stereocenters. The van der Waals surface area contributed by atoms with E-state index in [9.17, 15) is 9.59 Å². The Morgan fingerprint density at radius 3 is 1.81 bits per heavy atom. The Labute approximate surface area is 157 Å². The fourth-order valence-corrected chi connectivity index (χ4v) is 4.24. The van der Waals surface area contributed by atoms with Crippen molar-refractivity contribution in [2.75, 3.05) is 27.4 Å². The van der Waals surface area contributed by atoms with Crippen molar-refractivity contribution in [3.05, 3.63) is 24.3 Å². The minimum Gasteiger partial charge on any atom is -0.462 e. The highest BCUT2D eigenvalue weighted by Crippen LogP contribution is 2.20. The van der Waals surface area contributed by atoms with Crippen LogP contribution in [0, 0.1) is 0 Å². The second kappa shape index (κ2) is 12.8. The van der Waals surface area contributed by atoms with Crippen molar-refractivity contribution >= 4 is 20.7 Å². The van der Waals surface area contributed by atoms with Gasteiger partial charge in [0.15, 0.2) is 0 Å². The molecule has 0 rings (SSSR count). The lowest BCUT2D eigenvalue weighted by Crippen LogP contribution is -2.46. The van der Waals surface area contributed by atoms with Crippen LogP contribution in [-0.2, 0) is 32.3 Å². The molecule has 0 aliphatic carbocycles. The van der Waals surface area contributed by atoms with E-state index in [0.29, 0.717) is 43.1 Å². The number of esters is 2. The SMILES string of the molecule is C=C(C)C(=O)OCCCC(C)O[Si](CCCOC(=O)C(=C)C)(OC)OC. The summed E-state index contributed by atoms with van der Waals surface area (Å²) in [6, 6.07) is 0.526. The Hall–Kier alpha value is -1.48. The van der Waals surface area contributed by atoms with E-state index in [2.05, 4.69) is 13.2 Å². The van der Waals surface area contributed by atoms with Gasteiger partial charge in [0.05, 0.1) is 13.2 Å². The van der Waals surface area contributed by atoms with Crippen LogP contribution in [0.25, 0.3) is 0 Å². The maximum absolute atomic E-state index is 11.4. The molecule has 0 fully saturated rings. The molecule has 0 amide bonds. The minimum absolute atomic E-state index is 0.122. The zero-order valence-electron chi connectivity index (χ0n) is 16.6. The van der Waals surface area contributed by atoms with Crippen molar-refractivity contribution in [1.29, 1.82) is 0 Å². The van der Waals surface area contributed by atoms with E-state index >= 15 is 0 Å². The number of hydrogen-bond acceptors (Lipinski definition) is 7. The average molecular weight is 389 g/mol. The Morgan fingerprint density at radius 1 is 0.923 bits per heavy atom. The van der Waals surface area contributed by atoms with E-state index < -0.39 is 14.8 Å². The van der Waals surface area contributed by atoms with Crippen LogP contribution >= 0.6 is 0 Å². The first-order valence-corrected chi connectivity index (χ1v) is 10.5. The summed E-state index contributed by atoms with van der Waals surface area (Å²) in [7, 11) is 0.264. The maximum Gasteiger partial charge on any atom is 0.500 e. The lowest BCUT2D eigenvalue weighted by Gasteiger charge is -2.29. The summed E-state index contributed by atoms with van der Waals surface area (Å²) >= 11 is 0. The first-order valence-electron chi connectivity index (χ1n) is 8.60. The van der Waals surface area contributed by atoms with Crippen LogP contribution < -0.4 is 0 Å². The van der Waals surface area contributed by atoms with Gasteiger partial charge in [0.25, 0.3) is 0 Å². The molecule has 0 radical (unpaired) electrons. The summed E-state index contributed by atoms with van der Waals surface area (Å²) in [5.74, 6) is -0.800. The van der Waals surface area contributed by atoms with Gasteiger partial charge in [0.1, 0.15) is 0 Å². The van der Waals surface area contributed by atoms with Crippen LogP contribution in [0.4, 0.5) is 0 Å². The molecule has 0 N–H and O–H groups in total. The summed E-state index contributed by atoms with van der Waals surface area (Å²) in [4.78, 5) is 22.7. The molecule has 0 bridgehead atoms. The van der Waals surface area contributed by atoms with Gasteiger partial charge < -0.3 is 22.8 Å². The molecular formula is C18H32O7Si. The molecule has 0 spiro atoms. The normalized spacial score (nSPS) is 12.3. The highest BCUT2D eigenvalue weighted by molar-refractivity contribution is 6.60. The van der Waals surface area contributed by atoms with Crippen LogP contribution in [0.2, 0.25) is 6.04 Å². The van der Waals surface area contributed by atoms with Crippen molar-refractivity contribution in [3.63, 3.8) is 0 Å². The van der Waals surface area contributed by atoms with E-state index in [1.165, 1.54) is 0 Å². The minimum atomic E-state index is -2.84. The van der Waals surface area contributed by atoms with E-state index in [1.807, 2.05) is 6.92 Å². The molecule has 0 aromatic carbocycles. The fraction of sp³-hybridized carbons (Fsp3) is 0.667. The van der Waals surface area contributed by atoms with Crippen LogP contribution in [-0.4, -0.2) is 54.3 Å². The van der Waals surface area contributed by atoms with Crippen LogP contribution in [0.1, 0.15) is 40.0 Å². The largest absolute Gasteiger partial charge is 0.500 e. The van der Waals surface area contributed by atoms with Gasteiger partial charge in [0.2, 0.25) is 0 Å². The van der Waals surface area contributed by atoms with E-state index in [1.54, 1.807) is 28.1 Å². The monoisotopic (exact) mass is 388 g/mol. The fourth-order valence-electron chi connectivity index (χ4n) is 2.04. The molecule has 0 saturated carbocycles. The van der Waals surface area contributed by atoms with E-state index in [-0.39, 0.29) is 18.7 Å². The van der Waals surface area contributed by atoms with Gasteiger partial charge in [-0.25, -0.2) is 9.59 Å². The summed E-state index contributed by atoms with van der Waals surface area (Å²) in [6.07, 6.45) is 1.79. The third-order valence-electron chi connectivity index (χ3n) is 3.55. The predicted molar refractivity (Wildman–Crippen MR) is 101 cm³/mol. The highest BCUT2D eigenvalue weighted by atomic mass is 28.4. The third kappa shape index (κ3) is 9.86. The van der Waals surface area contributed by atoms with E-state index in [0.717, 1.165) is 0 Å². The van der Waals surface area contributed by atoms with E-state index in [4.69, 9.17) is 22.8 Å². The lowest BCUT2D eigenvalue weighted by molar-refractivity contribution is -0.139. The van der Waals surface area contributed by atoms with Crippen molar-refractivity contribution in [3.8, 4) is 0 Å². The van der Waals surface area contributed by atoms with Crippen molar-refractivity contribution in [2.45, 2.75) is 52.2 Å². The van der Waals surface area contributed by atoms with Crippen LogP contribution in [0.5, 0.6) is 0 Å². The second-order valence-corrected chi connectivity index (χ2v) is 9.02. The smallest absolute Gasteiger partial charge is 0.462 e. The number of carbonyl (C=O) groups excluding carboxylic acids is 2. The molecule has 150 valence electrons.